The number of hydrogen-bond acceptors (Lipinski definition) is 4. The third-order valence-corrected chi connectivity index (χ3v) is 5.09. The molecule has 0 unspecified atom stereocenters. The molecular weight excluding hydrogens is 357 g/mol. The lowest BCUT2D eigenvalue weighted by molar-refractivity contribution is -0.255. The van der Waals surface area contributed by atoms with Gasteiger partial charge in [-0.3, -0.25) is 4.72 Å². The van der Waals surface area contributed by atoms with E-state index in [2.05, 4.69) is 4.72 Å². The second kappa shape index (κ2) is 6.97. The van der Waals surface area contributed by atoms with E-state index in [-0.39, 0.29) is 4.90 Å². The quantitative estimate of drug-likeness (QED) is 0.748. The van der Waals surface area contributed by atoms with Gasteiger partial charge in [-0.25, -0.2) is 12.8 Å². The molecule has 7 heteroatoms. The van der Waals surface area contributed by atoms with Gasteiger partial charge in [0.25, 0.3) is 10.0 Å². The van der Waals surface area contributed by atoms with Crippen LogP contribution in [0.4, 0.5) is 10.1 Å². The first kappa shape index (κ1) is 17.6. The Morgan fingerprint density at radius 3 is 2.27 bits per heavy atom. The first-order valence-corrected chi connectivity index (χ1v) is 9.05. The summed E-state index contributed by atoms with van der Waals surface area (Å²) < 4.78 is 41.2. The number of aromatic carboxylic acids is 1. The molecule has 1 N–H and O–H groups in total. The number of sulfonamides is 1. The number of carboxylic acids is 1. The van der Waals surface area contributed by atoms with Crippen molar-refractivity contribution < 1.29 is 22.7 Å². The van der Waals surface area contributed by atoms with Crippen LogP contribution in [0.3, 0.4) is 0 Å². The molecule has 0 atom stereocenters. The third-order valence-electron chi connectivity index (χ3n) is 3.72. The van der Waals surface area contributed by atoms with Gasteiger partial charge in [-0.2, -0.15) is 0 Å². The van der Waals surface area contributed by atoms with Crippen molar-refractivity contribution in [2.24, 2.45) is 0 Å². The molecule has 0 amide bonds. The van der Waals surface area contributed by atoms with Crippen molar-refractivity contribution in [3.05, 3.63) is 84.2 Å². The van der Waals surface area contributed by atoms with E-state index in [1.807, 2.05) is 30.3 Å². The van der Waals surface area contributed by atoms with Gasteiger partial charge in [0.1, 0.15) is 5.82 Å². The van der Waals surface area contributed by atoms with Gasteiger partial charge in [-0.15, -0.1) is 0 Å². The minimum atomic E-state index is -4.12. The summed E-state index contributed by atoms with van der Waals surface area (Å²) in [6, 6.07) is 18.5. The lowest BCUT2D eigenvalue weighted by Crippen LogP contribution is -2.24. The molecule has 26 heavy (non-hydrogen) atoms. The molecule has 0 heterocycles. The van der Waals surface area contributed by atoms with E-state index < -0.39 is 27.4 Å². The van der Waals surface area contributed by atoms with Crippen LogP contribution in [-0.2, 0) is 10.0 Å². The monoisotopic (exact) mass is 370 g/mol. The number of anilines is 1. The van der Waals surface area contributed by atoms with Crippen LogP contribution in [0.2, 0.25) is 0 Å². The van der Waals surface area contributed by atoms with Crippen molar-refractivity contribution in [2.45, 2.75) is 4.90 Å². The second-order valence-corrected chi connectivity index (χ2v) is 7.13. The molecule has 0 spiro atoms. The Hall–Kier alpha value is -3.19. The molecule has 0 fully saturated rings. The van der Waals surface area contributed by atoms with Crippen molar-refractivity contribution in [3.8, 4) is 11.1 Å². The number of rotatable bonds is 5. The molecule has 0 bridgehead atoms. The molecular formula is C19H13FNO4S-. The first-order valence-electron chi connectivity index (χ1n) is 7.56. The molecule has 0 radical (unpaired) electrons. The van der Waals surface area contributed by atoms with Crippen molar-refractivity contribution in [1.29, 1.82) is 0 Å². The van der Waals surface area contributed by atoms with Gasteiger partial charge in [-0.1, -0.05) is 48.5 Å². The molecule has 3 rings (SSSR count). The SMILES string of the molecule is O=C([O-])c1cc(S(=O)(=O)Nc2ccccc2-c2ccccc2)ccc1F. The smallest absolute Gasteiger partial charge is 0.261 e. The van der Waals surface area contributed by atoms with E-state index in [4.69, 9.17) is 0 Å². The van der Waals surface area contributed by atoms with Gasteiger partial charge >= 0.3 is 0 Å². The van der Waals surface area contributed by atoms with Crippen LogP contribution in [0.1, 0.15) is 10.4 Å². The standard InChI is InChI=1S/C19H14FNO4S/c20-17-11-10-14(12-16(17)19(22)23)26(24,25)21-18-9-5-4-8-15(18)13-6-2-1-3-7-13/h1-12,21H,(H,22,23)/p-1. The summed E-state index contributed by atoms with van der Waals surface area (Å²) in [5.74, 6) is -2.85. The maximum Gasteiger partial charge on any atom is 0.261 e. The average molecular weight is 370 g/mol. The van der Waals surface area contributed by atoms with Gasteiger partial charge in [0, 0.05) is 11.1 Å². The predicted molar refractivity (Wildman–Crippen MR) is 93.4 cm³/mol. The summed E-state index contributed by atoms with van der Waals surface area (Å²) >= 11 is 0. The molecule has 0 aromatic heterocycles. The van der Waals surface area contributed by atoms with E-state index in [0.717, 1.165) is 23.8 Å². The summed E-state index contributed by atoms with van der Waals surface area (Å²) in [6.45, 7) is 0. The number of para-hydroxylation sites is 1. The van der Waals surface area contributed by atoms with Gasteiger partial charge in [-0.05, 0) is 29.8 Å². The molecule has 0 aliphatic carbocycles. The van der Waals surface area contributed by atoms with Crippen molar-refractivity contribution in [1.82, 2.24) is 0 Å². The number of benzene rings is 3. The highest BCUT2D eigenvalue weighted by Gasteiger charge is 2.18. The Morgan fingerprint density at radius 1 is 0.923 bits per heavy atom. The molecule has 3 aromatic rings. The molecule has 0 saturated heterocycles. The Morgan fingerprint density at radius 2 is 1.58 bits per heavy atom. The van der Waals surface area contributed by atoms with Crippen molar-refractivity contribution in [3.63, 3.8) is 0 Å². The zero-order chi connectivity index (χ0) is 18.7. The maximum absolute atomic E-state index is 13.5. The fraction of sp³-hybridized carbons (Fsp3) is 0. The Balaban J connectivity index is 2.02. The molecule has 5 nitrogen and oxygen atoms in total. The van der Waals surface area contributed by atoms with Gasteiger partial charge in [0.05, 0.1) is 16.6 Å². The zero-order valence-electron chi connectivity index (χ0n) is 13.3. The van der Waals surface area contributed by atoms with Gasteiger partial charge < -0.3 is 9.90 Å². The number of halogens is 1. The fourth-order valence-electron chi connectivity index (χ4n) is 2.47. The Labute approximate surface area is 149 Å². The van der Waals surface area contributed by atoms with Crippen LogP contribution in [0.25, 0.3) is 11.1 Å². The largest absolute Gasteiger partial charge is 0.545 e. The summed E-state index contributed by atoms with van der Waals surface area (Å²) in [5.41, 5.74) is 0.960. The highest BCUT2D eigenvalue weighted by atomic mass is 32.2. The van der Waals surface area contributed by atoms with Crippen LogP contribution in [0.15, 0.2) is 77.7 Å². The number of carboxylic acid groups (broad SMARTS) is 1. The first-order chi connectivity index (χ1) is 12.4. The van der Waals surface area contributed by atoms with E-state index in [1.54, 1.807) is 24.3 Å². The topological polar surface area (TPSA) is 86.3 Å². The minimum Gasteiger partial charge on any atom is -0.545 e. The highest BCUT2D eigenvalue weighted by Crippen LogP contribution is 2.29. The van der Waals surface area contributed by atoms with Gasteiger partial charge in [0.2, 0.25) is 0 Å². The van der Waals surface area contributed by atoms with E-state index in [1.165, 1.54) is 0 Å². The second-order valence-electron chi connectivity index (χ2n) is 5.45. The minimum absolute atomic E-state index is 0.318. The molecule has 132 valence electrons. The molecule has 0 saturated carbocycles. The van der Waals surface area contributed by atoms with Crippen LogP contribution >= 0.6 is 0 Å². The summed E-state index contributed by atoms with van der Waals surface area (Å²) in [4.78, 5) is 10.6. The van der Waals surface area contributed by atoms with E-state index in [0.29, 0.717) is 11.3 Å². The van der Waals surface area contributed by atoms with Crippen LogP contribution in [0, 0.1) is 5.82 Å². The molecule has 0 aliphatic rings. The Kier molecular flexibility index (Phi) is 4.73. The number of carbonyl (C=O) groups excluding carboxylic acids is 1. The lowest BCUT2D eigenvalue weighted by atomic mass is 10.0. The number of nitrogens with one attached hydrogen (secondary N) is 1. The van der Waals surface area contributed by atoms with Crippen molar-refractivity contribution >= 4 is 21.7 Å². The fourth-order valence-corrected chi connectivity index (χ4v) is 3.58. The van der Waals surface area contributed by atoms with Crippen LogP contribution in [-0.4, -0.2) is 14.4 Å². The van der Waals surface area contributed by atoms with Gasteiger partial charge in [0.15, 0.2) is 0 Å². The van der Waals surface area contributed by atoms with E-state index >= 15 is 0 Å². The third kappa shape index (κ3) is 3.57. The van der Waals surface area contributed by atoms with Crippen LogP contribution < -0.4 is 9.83 Å². The molecule has 0 aliphatic heterocycles. The lowest BCUT2D eigenvalue weighted by Gasteiger charge is -2.14. The Bertz CT molecular complexity index is 1070. The van der Waals surface area contributed by atoms with Crippen LogP contribution in [0.5, 0.6) is 0 Å². The van der Waals surface area contributed by atoms with E-state index in [9.17, 15) is 22.7 Å². The van der Waals surface area contributed by atoms with Crippen molar-refractivity contribution in [2.75, 3.05) is 4.72 Å². The summed E-state index contributed by atoms with van der Waals surface area (Å²) in [6.07, 6.45) is 0. The number of hydrogen-bond donors (Lipinski definition) is 1. The highest BCUT2D eigenvalue weighted by molar-refractivity contribution is 7.92. The molecule has 3 aromatic carbocycles. The normalized spacial score (nSPS) is 11.1. The zero-order valence-corrected chi connectivity index (χ0v) is 14.2. The summed E-state index contributed by atoms with van der Waals surface area (Å²) in [5, 5.41) is 10.9. The average Bonchev–Trinajstić information content (AvgIpc) is 2.62. The maximum atomic E-state index is 13.5. The predicted octanol–water partition coefficient (Wildman–Crippen LogP) is 2.66. The number of carbonyl (C=O) groups is 1. The summed E-state index contributed by atoms with van der Waals surface area (Å²) in [7, 11) is -4.12.